The van der Waals surface area contributed by atoms with Crippen molar-refractivity contribution in [2.24, 2.45) is 0 Å². The highest BCUT2D eigenvalue weighted by atomic mass is 35.5. The predicted octanol–water partition coefficient (Wildman–Crippen LogP) is 2.39. The Balaban J connectivity index is 2.39. The molecule has 2 N–H and O–H groups in total. The van der Waals surface area contributed by atoms with Crippen molar-refractivity contribution in [3.05, 3.63) is 34.9 Å². The summed E-state index contributed by atoms with van der Waals surface area (Å²) in [5.74, 6) is 0. The second-order valence-electron chi connectivity index (χ2n) is 4.13. The molecular weight excluding hydrogens is 238 g/mol. The van der Waals surface area contributed by atoms with Crippen LogP contribution in [0.5, 0.6) is 0 Å². The molecule has 0 aromatic heterocycles. The summed E-state index contributed by atoms with van der Waals surface area (Å²) in [5, 5.41) is 13.9. The van der Waals surface area contributed by atoms with E-state index < -0.39 is 6.10 Å². The van der Waals surface area contributed by atoms with Gasteiger partial charge in [0.15, 0.2) is 0 Å². The first-order chi connectivity index (χ1) is 8.15. The molecule has 0 amide bonds. The van der Waals surface area contributed by atoms with Gasteiger partial charge >= 0.3 is 0 Å². The second-order valence-corrected chi connectivity index (χ2v) is 4.54. The van der Waals surface area contributed by atoms with Crippen molar-refractivity contribution in [3.63, 3.8) is 0 Å². The maximum Gasteiger partial charge on any atom is 0.0928 e. The summed E-state index contributed by atoms with van der Waals surface area (Å²) < 4.78 is 5.00. The van der Waals surface area contributed by atoms with Crippen LogP contribution < -0.4 is 5.32 Å². The zero-order chi connectivity index (χ0) is 12.7. The number of methoxy groups -OCH3 is 1. The molecule has 96 valence electrons. The van der Waals surface area contributed by atoms with Crippen LogP contribution in [0.2, 0.25) is 5.02 Å². The van der Waals surface area contributed by atoms with Crippen molar-refractivity contribution < 1.29 is 9.84 Å². The fourth-order valence-corrected chi connectivity index (χ4v) is 1.83. The maximum atomic E-state index is 10.00. The van der Waals surface area contributed by atoms with Crippen molar-refractivity contribution in [1.29, 1.82) is 0 Å². The number of nitrogens with one attached hydrogen (secondary N) is 1. The molecule has 0 saturated heterocycles. The number of rotatable bonds is 7. The molecule has 1 aromatic carbocycles. The van der Waals surface area contributed by atoms with Crippen molar-refractivity contribution in [2.45, 2.75) is 25.5 Å². The number of aliphatic hydroxyl groups excluding tert-OH is 1. The lowest BCUT2D eigenvalue weighted by Gasteiger charge is -2.17. The van der Waals surface area contributed by atoms with Crippen molar-refractivity contribution in [2.75, 3.05) is 20.3 Å². The van der Waals surface area contributed by atoms with Gasteiger partial charge in [0.1, 0.15) is 0 Å². The second kappa shape index (κ2) is 7.67. The van der Waals surface area contributed by atoms with E-state index in [1.165, 1.54) is 0 Å². The molecule has 0 aliphatic carbocycles. The number of ether oxygens (including phenoxy) is 1. The highest BCUT2D eigenvalue weighted by Gasteiger charge is 2.11. The summed E-state index contributed by atoms with van der Waals surface area (Å²) in [6.07, 6.45) is 0.347. The first-order valence-electron chi connectivity index (χ1n) is 5.80. The number of hydrogen-bond acceptors (Lipinski definition) is 3. The van der Waals surface area contributed by atoms with E-state index in [-0.39, 0.29) is 0 Å². The van der Waals surface area contributed by atoms with E-state index in [0.29, 0.717) is 17.6 Å². The van der Waals surface area contributed by atoms with Crippen molar-refractivity contribution in [1.82, 2.24) is 5.32 Å². The van der Waals surface area contributed by atoms with Crippen LogP contribution in [-0.2, 0) is 4.74 Å². The number of halogens is 1. The van der Waals surface area contributed by atoms with Crippen LogP contribution in [0.15, 0.2) is 24.3 Å². The Morgan fingerprint density at radius 2 is 2.12 bits per heavy atom. The summed E-state index contributed by atoms with van der Waals surface area (Å²) in [7, 11) is 1.69. The van der Waals surface area contributed by atoms with Crippen LogP contribution in [0.3, 0.4) is 0 Å². The Kier molecular flexibility index (Phi) is 6.52. The molecule has 0 heterocycles. The fourth-order valence-electron chi connectivity index (χ4n) is 1.56. The van der Waals surface area contributed by atoms with E-state index in [4.69, 9.17) is 16.3 Å². The quantitative estimate of drug-likeness (QED) is 0.788. The molecule has 0 aliphatic heterocycles. The molecule has 0 fully saturated rings. The minimum atomic E-state index is -0.575. The van der Waals surface area contributed by atoms with Gasteiger partial charge in [0.05, 0.1) is 6.10 Å². The maximum absolute atomic E-state index is 10.00. The molecule has 1 aromatic rings. The fraction of sp³-hybridized carbons (Fsp3) is 0.538. The third-order valence-corrected chi connectivity index (χ3v) is 3.02. The molecule has 0 bridgehead atoms. The normalized spacial score (nSPS) is 14.6. The average Bonchev–Trinajstić information content (AvgIpc) is 2.34. The Morgan fingerprint density at radius 3 is 2.76 bits per heavy atom. The van der Waals surface area contributed by atoms with Crippen LogP contribution >= 0.6 is 11.6 Å². The van der Waals surface area contributed by atoms with Gasteiger partial charge in [-0.1, -0.05) is 29.8 Å². The van der Waals surface area contributed by atoms with E-state index in [1.807, 2.05) is 18.2 Å². The van der Waals surface area contributed by atoms with Crippen molar-refractivity contribution in [3.8, 4) is 0 Å². The van der Waals surface area contributed by atoms with E-state index in [2.05, 4.69) is 12.2 Å². The molecule has 17 heavy (non-hydrogen) atoms. The zero-order valence-electron chi connectivity index (χ0n) is 10.3. The SMILES string of the molecule is COCCC(C)NCC(O)c1ccccc1Cl. The highest BCUT2D eigenvalue weighted by molar-refractivity contribution is 6.31. The molecule has 2 atom stereocenters. The van der Waals surface area contributed by atoms with Gasteiger partial charge in [0, 0.05) is 36.9 Å². The summed E-state index contributed by atoms with van der Waals surface area (Å²) in [6.45, 7) is 3.28. The van der Waals surface area contributed by atoms with Crippen LogP contribution in [0, 0.1) is 0 Å². The monoisotopic (exact) mass is 257 g/mol. The topological polar surface area (TPSA) is 41.5 Å². The summed E-state index contributed by atoms with van der Waals surface area (Å²) >= 11 is 6.01. The van der Waals surface area contributed by atoms with Crippen LogP contribution in [0.25, 0.3) is 0 Å². The van der Waals surface area contributed by atoms with Gasteiger partial charge in [-0.05, 0) is 19.4 Å². The molecule has 1 rings (SSSR count). The van der Waals surface area contributed by atoms with Crippen LogP contribution in [-0.4, -0.2) is 31.4 Å². The molecule has 0 radical (unpaired) electrons. The lowest BCUT2D eigenvalue weighted by Crippen LogP contribution is -2.31. The van der Waals surface area contributed by atoms with E-state index >= 15 is 0 Å². The third kappa shape index (κ3) is 5.04. The van der Waals surface area contributed by atoms with Gasteiger partial charge in [-0.15, -0.1) is 0 Å². The zero-order valence-corrected chi connectivity index (χ0v) is 11.1. The Morgan fingerprint density at radius 1 is 1.41 bits per heavy atom. The molecule has 3 nitrogen and oxygen atoms in total. The number of benzene rings is 1. The van der Waals surface area contributed by atoms with Crippen molar-refractivity contribution >= 4 is 11.6 Å². The Labute approximate surface area is 108 Å². The minimum Gasteiger partial charge on any atom is -0.387 e. The highest BCUT2D eigenvalue weighted by Crippen LogP contribution is 2.21. The third-order valence-electron chi connectivity index (χ3n) is 2.68. The molecule has 4 heteroatoms. The van der Waals surface area contributed by atoms with Gasteiger partial charge in [0.25, 0.3) is 0 Å². The van der Waals surface area contributed by atoms with Gasteiger partial charge in [-0.25, -0.2) is 0 Å². The number of hydrogen-bond donors (Lipinski definition) is 2. The summed E-state index contributed by atoms with van der Waals surface area (Å²) in [4.78, 5) is 0. The van der Waals surface area contributed by atoms with Crippen LogP contribution in [0.1, 0.15) is 25.0 Å². The molecule has 0 saturated carbocycles. The molecule has 0 aliphatic rings. The van der Waals surface area contributed by atoms with Gasteiger partial charge < -0.3 is 15.2 Å². The predicted molar refractivity (Wildman–Crippen MR) is 70.4 cm³/mol. The standard InChI is InChI=1S/C13H20ClNO2/c1-10(7-8-17-2)15-9-13(16)11-5-3-4-6-12(11)14/h3-6,10,13,15-16H,7-9H2,1-2H3. The number of aliphatic hydroxyl groups is 1. The lowest BCUT2D eigenvalue weighted by molar-refractivity contribution is 0.158. The van der Waals surface area contributed by atoms with E-state index in [0.717, 1.165) is 18.6 Å². The smallest absolute Gasteiger partial charge is 0.0928 e. The summed E-state index contributed by atoms with van der Waals surface area (Å²) in [6, 6.07) is 7.67. The largest absolute Gasteiger partial charge is 0.387 e. The van der Waals surface area contributed by atoms with Gasteiger partial charge in [-0.2, -0.15) is 0 Å². The molecule has 0 spiro atoms. The van der Waals surface area contributed by atoms with Gasteiger partial charge in [0.2, 0.25) is 0 Å². The lowest BCUT2D eigenvalue weighted by atomic mass is 10.1. The Hall–Kier alpha value is -0.610. The average molecular weight is 258 g/mol. The first-order valence-corrected chi connectivity index (χ1v) is 6.17. The van der Waals surface area contributed by atoms with Crippen LogP contribution in [0.4, 0.5) is 0 Å². The minimum absolute atomic E-state index is 0.312. The summed E-state index contributed by atoms with van der Waals surface area (Å²) in [5.41, 5.74) is 0.764. The Bertz CT molecular complexity index is 333. The molecule has 2 unspecified atom stereocenters. The van der Waals surface area contributed by atoms with Gasteiger partial charge in [-0.3, -0.25) is 0 Å². The van der Waals surface area contributed by atoms with E-state index in [9.17, 15) is 5.11 Å². The first kappa shape index (κ1) is 14.5. The van der Waals surface area contributed by atoms with E-state index in [1.54, 1.807) is 13.2 Å². The molecular formula is C13H20ClNO2.